The molecular formula is C20H19N7O7. The van der Waals surface area contributed by atoms with Crippen molar-refractivity contribution in [2.24, 2.45) is 10.2 Å². The number of carbonyl (C=O) groups excluding carboxylic acids is 1. The van der Waals surface area contributed by atoms with E-state index in [1.165, 1.54) is 0 Å². The number of nitrogens with one attached hydrogen (secondary N) is 1. The van der Waals surface area contributed by atoms with Crippen LogP contribution < -0.4 is 4.90 Å². The first-order valence-corrected chi connectivity index (χ1v) is 9.58. The Hall–Kier alpha value is -4.93. The first-order chi connectivity index (χ1) is 16.3. The van der Waals surface area contributed by atoms with Crippen molar-refractivity contribution in [1.82, 2.24) is 0 Å². The molecule has 2 aromatic rings. The van der Waals surface area contributed by atoms with Gasteiger partial charge in [-0.1, -0.05) is 0 Å². The quantitative estimate of drug-likeness (QED) is 0.119. The average Bonchev–Trinajstić information content (AvgIpc) is 2.83. The molecule has 0 amide bonds. The standard InChI is InChI=1S/C20H19N7O7/c1-25(8-6-20(28)34-9-7-21)15-2-4-17(14(10-15)12-33-13-22)23-24-18-5-3-16(26(29)30)11-19(18)27(31)32/h2-5,10-11,13,22H,6,8-9,12H2,1H3. The van der Waals surface area contributed by atoms with Gasteiger partial charge < -0.3 is 14.4 Å². The molecule has 2 rings (SSSR count). The fourth-order valence-corrected chi connectivity index (χ4v) is 2.69. The van der Waals surface area contributed by atoms with E-state index in [-0.39, 0.29) is 25.3 Å². The molecule has 0 aliphatic rings. The van der Waals surface area contributed by atoms with E-state index in [1.807, 2.05) is 0 Å². The van der Waals surface area contributed by atoms with Gasteiger partial charge in [-0.05, 0) is 24.3 Å². The van der Waals surface area contributed by atoms with Crippen molar-refractivity contribution in [3.8, 4) is 6.07 Å². The number of azo groups is 1. The molecule has 0 aliphatic heterocycles. The van der Waals surface area contributed by atoms with E-state index in [0.29, 0.717) is 23.5 Å². The number of ether oxygens (including phenoxy) is 2. The number of benzene rings is 2. The van der Waals surface area contributed by atoms with Gasteiger partial charge in [0.15, 0.2) is 18.7 Å². The summed E-state index contributed by atoms with van der Waals surface area (Å²) in [6, 6.07) is 9.65. The molecule has 0 atom stereocenters. The third kappa shape index (κ3) is 7.05. The molecule has 14 nitrogen and oxygen atoms in total. The highest BCUT2D eigenvalue weighted by Crippen LogP contribution is 2.34. The number of hydrogen-bond acceptors (Lipinski definition) is 12. The topological polar surface area (TPSA) is 197 Å². The maximum absolute atomic E-state index is 11.6. The molecule has 0 heterocycles. The molecule has 14 heteroatoms. The second-order valence-corrected chi connectivity index (χ2v) is 6.62. The van der Waals surface area contributed by atoms with Crippen LogP contribution in [0.2, 0.25) is 0 Å². The molecule has 0 radical (unpaired) electrons. The molecule has 1 N–H and O–H groups in total. The van der Waals surface area contributed by atoms with Crippen molar-refractivity contribution in [1.29, 1.82) is 10.7 Å². The molecule has 176 valence electrons. The number of nitriles is 1. The molecule has 34 heavy (non-hydrogen) atoms. The van der Waals surface area contributed by atoms with Crippen molar-refractivity contribution < 1.29 is 24.1 Å². The van der Waals surface area contributed by atoms with Gasteiger partial charge in [0.2, 0.25) is 0 Å². The summed E-state index contributed by atoms with van der Waals surface area (Å²) in [7, 11) is 1.73. The fourth-order valence-electron chi connectivity index (χ4n) is 2.69. The summed E-state index contributed by atoms with van der Waals surface area (Å²) in [6.45, 7) is -0.0721. The number of nitrogens with zero attached hydrogens (tertiary/aromatic N) is 6. The second-order valence-electron chi connectivity index (χ2n) is 6.62. The molecule has 0 saturated carbocycles. The van der Waals surface area contributed by atoms with Crippen LogP contribution in [0.3, 0.4) is 0 Å². The molecule has 0 spiro atoms. The van der Waals surface area contributed by atoms with Crippen LogP contribution >= 0.6 is 0 Å². The van der Waals surface area contributed by atoms with E-state index < -0.39 is 27.2 Å². The predicted molar refractivity (Wildman–Crippen MR) is 118 cm³/mol. The molecule has 0 saturated heterocycles. The minimum atomic E-state index is -0.792. The third-order valence-electron chi connectivity index (χ3n) is 4.41. The Morgan fingerprint density at radius 1 is 1.18 bits per heavy atom. The molecule has 0 bridgehead atoms. The minimum absolute atomic E-state index is 0.0495. The lowest BCUT2D eigenvalue weighted by Crippen LogP contribution is -2.22. The van der Waals surface area contributed by atoms with Gasteiger partial charge in [0.1, 0.15) is 12.7 Å². The summed E-state index contributed by atoms with van der Waals surface area (Å²) in [5, 5.41) is 45.6. The Kier molecular flexibility index (Phi) is 9.09. The summed E-state index contributed by atoms with van der Waals surface area (Å²) < 4.78 is 9.74. The summed E-state index contributed by atoms with van der Waals surface area (Å²) >= 11 is 0. The Morgan fingerprint density at radius 2 is 1.88 bits per heavy atom. The summed E-state index contributed by atoms with van der Waals surface area (Å²) in [6.07, 6.45) is 0.791. The van der Waals surface area contributed by atoms with E-state index >= 15 is 0 Å². The van der Waals surface area contributed by atoms with Crippen LogP contribution in [-0.2, 0) is 20.9 Å². The fraction of sp³-hybridized carbons (Fsp3) is 0.250. The molecule has 0 fully saturated rings. The van der Waals surface area contributed by atoms with Crippen LogP contribution in [0.1, 0.15) is 12.0 Å². The third-order valence-corrected chi connectivity index (χ3v) is 4.41. The largest absolute Gasteiger partial charge is 0.479 e. The van der Waals surface area contributed by atoms with E-state index in [1.54, 1.807) is 36.2 Å². The molecular weight excluding hydrogens is 450 g/mol. The zero-order chi connectivity index (χ0) is 25.1. The van der Waals surface area contributed by atoms with Crippen molar-refractivity contribution in [3.63, 3.8) is 0 Å². The first-order valence-electron chi connectivity index (χ1n) is 9.58. The van der Waals surface area contributed by atoms with Crippen molar-refractivity contribution >= 4 is 40.8 Å². The van der Waals surface area contributed by atoms with Gasteiger partial charge in [-0.25, -0.2) is 0 Å². The minimum Gasteiger partial charge on any atom is -0.479 e. The van der Waals surface area contributed by atoms with E-state index in [9.17, 15) is 25.0 Å². The molecule has 0 aromatic heterocycles. The van der Waals surface area contributed by atoms with E-state index in [0.717, 1.165) is 24.6 Å². The maximum atomic E-state index is 11.6. The number of nitro groups is 2. The molecule has 2 aromatic carbocycles. The zero-order valence-electron chi connectivity index (χ0n) is 17.9. The lowest BCUT2D eigenvalue weighted by Gasteiger charge is -2.20. The summed E-state index contributed by atoms with van der Waals surface area (Å²) in [5.74, 6) is -0.518. The monoisotopic (exact) mass is 469 g/mol. The van der Waals surface area contributed by atoms with Crippen molar-refractivity contribution in [2.45, 2.75) is 13.0 Å². The van der Waals surface area contributed by atoms with Crippen LogP contribution in [0.15, 0.2) is 46.6 Å². The Morgan fingerprint density at radius 3 is 2.53 bits per heavy atom. The highest BCUT2D eigenvalue weighted by Gasteiger charge is 2.19. The lowest BCUT2D eigenvalue weighted by atomic mass is 10.1. The Balaban J connectivity index is 2.28. The van der Waals surface area contributed by atoms with Crippen LogP contribution in [0.4, 0.5) is 28.4 Å². The predicted octanol–water partition coefficient (Wildman–Crippen LogP) is 3.94. The van der Waals surface area contributed by atoms with Gasteiger partial charge in [-0.2, -0.15) is 5.26 Å². The SMILES string of the molecule is CN(CCC(=O)OCC#N)c1ccc(N=Nc2ccc([N+](=O)[O-])cc2[N+](=O)[O-])c(COC=N)c1. The average molecular weight is 469 g/mol. The molecule has 0 unspecified atom stereocenters. The van der Waals surface area contributed by atoms with Crippen LogP contribution in [0, 0.1) is 37.0 Å². The number of esters is 1. The maximum Gasteiger partial charge on any atom is 0.308 e. The Labute approximate surface area is 192 Å². The van der Waals surface area contributed by atoms with Gasteiger partial charge in [0.25, 0.3) is 5.69 Å². The normalized spacial score (nSPS) is 10.4. The van der Waals surface area contributed by atoms with Crippen molar-refractivity contribution in [3.05, 3.63) is 62.2 Å². The van der Waals surface area contributed by atoms with Crippen LogP contribution in [-0.4, -0.2) is 42.4 Å². The zero-order valence-corrected chi connectivity index (χ0v) is 17.9. The highest BCUT2D eigenvalue weighted by molar-refractivity contribution is 5.70. The van der Waals surface area contributed by atoms with Crippen LogP contribution in [0.25, 0.3) is 0 Å². The number of rotatable bonds is 12. The van der Waals surface area contributed by atoms with Gasteiger partial charge in [0, 0.05) is 30.9 Å². The van der Waals surface area contributed by atoms with Gasteiger partial charge in [-0.15, -0.1) is 10.2 Å². The number of carbonyl (C=O) groups is 1. The second kappa shape index (κ2) is 12.2. The van der Waals surface area contributed by atoms with Gasteiger partial charge in [0.05, 0.1) is 28.0 Å². The highest BCUT2D eigenvalue weighted by atomic mass is 16.6. The number of anilines is 1. The smallest absolute Gasteiger partial charge is 0.308 e. The number of non-ortho nitro benzene ring substituents is 1. The summed E-state index contributed by atoms with van der Waals surface area (Å²) in [5.41, 5.74) is 0.265. The lowest BCUT2D eigenvalue weighted by molar-refractivity contribution is -0.393. The molecule has 0 aliphatic carbocycles. The van der Waals surface area contributed by atoms with E-state index in [2.05, 4.69) is 10.2 Å². The first kappa shape index (κ1) is 25.3. The van der Waals surface area contributed by atoms with Crippen molar-refractivity contribution in [2.75, 3.05) is 25.1 Å². The van der Waals surface area contributed by atoms with Gasteiger partial charge in [-0.3, -0.25) is 30.4 Å². The Bertz CT molecular complexity index is 1160. The van der Waals surface area contributed by atoms with Gasteiger partial charge >= 0.3 is 11.7 Å². The summed E-state index contributed by atoms with van der Waals surface area (Å²) in [4.78, 5) is 34.0. The number of nitro benzene ring substituents is 2. The number of hydrogen-bond donors (Lipinski definition) is 1. The van der Waals surface area contributed by atoms with Crippen LogP contribution in [0.5, 0.6) is 0 Å². The van der Waals surface area contributed by atoms with E-state index in [4.69, 9.17) is 20.1 Å².